The van der Waals surface area contributed by atoms with Crippen LogP contribution in [0.4, 0.5) is 5.69 Å². The van der Waals surface area contributed by atoms with Crippen LogP contribution >= 0.6 is 31.9 Å². The number of benzene rings is 1. The van der Waals surface area contributed by atoms with E-state index in [1.165, 1.54) is 6.07 Å². The molecule has 0 aliphatic carbocycles. The van der Waals surface area contributed by atoms with Crippen LogP contribution in [-0.2, 0) is 0 Å². The Morgan fingerprint density at radius 2 is 2.21 bits per heavy atom. The first-order valence-corrected chi connectivity index (χ1v) is 5.73. The molecule has 1 rings (SSSR count). The highest BCUT2D eigenvalue weighted by atomic mass is 79.9. The first-order chi connectivity index (χ1) is 6.65. The smallest absolute Gasteiger partial charge is 0.258 e. The predicted octanol–water partition coefficient (Wildman–Crippen LogP) is 3.77. The molecule has 0 aliphatic rings. The zero-order valence-electron chi connectivity index (χ0n) is 7.11. The topological polar surface area (TPSA) is 43.1 Å². The minimum absolute atomic E-state index is 0.0849. The Kier molecular flexibility index (Phi) is 4.28. The summed E-state index contributed by atoms with van der Waals surface area (Å²) in [5.74, 6) is 0. The molecule has 0 saturated carbocycles. The maximum atomic E-state index is 10.6. The molecule has 74 valence electrons. The lowest BCUT2D eigenvalue weighted by atomic mass is 10.2. The van der Waals surface area contributed by atoms with Gasteiger partial charge in [-0.05, 0) is 27.6 Å². The number of hydrogen-bond acceptors (Lipinski definition) is 2. The summed E-state index contributed by atoms with van der Waals surface area (Å²) in [6, 6.07) is 5.02. The van der Waals surface area contributed by atoms with E-state index in [1.807, 2.05) is 18.2 Å². The largest absolute Gasteiger partial charge is 0.284 e. The number of nitro benzene ring substituents is 1. The van der Waals surface area contributed by atoms with E-state index in [4.69, 9.17) is 0 Å². The minimum Gasteiger partial charge on any atom is -0.258 e. The zero-order valence-corrected chi connectivity index (χ0v) is 10.3. The van der Waals surface area contributed by atoms with Crippen molar-refractivity contribution >= 4 is 43.6 Å². The maximum absolute atomic E-state index is 10.6. The lowest BCUT2D eigenvalue weighted by molar-refractivity contribution is -0.385. The summed E-state index contributed by atoms with van der Waals surface area (Å²) in [7, 11) is 0. The summed E-state index contributed by atoms with van der Waals surface area (Å²) in [6.45, 7) is 0. The normalized spacial score (nSPS) is 10.7. The SMILES string of the molecule is O=[N+]([O-])c1cc(C=CCBr)ccc1Br. The third kappa shape index (κ3) is 2.92. The first kappa shape index (κ1) is 11.4. The predicted molar refractivity (Wildman–Crippen MR) is 63.6 cm³/mol. The Morgan fingerprint density at radius 3 is 2.79 bits per heavy atom. The van der Waals surface area contributed by atoms with E-state index >= 15 is 0 Å². The van der Waals surface area contributed by atoms with E-state index < -0.39 is 4.92 Å². The van der Waals surface area contributed by atoms with Crippen molar-refractivity contribution in [3.05, 3.63) is 44.4 Å². The van der Waals surface area contributed by atoms with Crippen molar-refractivity contribution in [3.8, 4) is 0 Å². The summed E-state index contributed by atoms with van der Waals surface area (Å²) in [5.41, 5.74) is 0.904. The van der Waals surface area contributed by atoms with Gasteiger partial charge in [-0.3, -0.25) is 10.1 Å². The van der Waals surface area contributed by atoms with Gasteiger partial charge in [0.1, 0.15) is 0 Å². The van der Waals surface area contributed by atoms with Crippen molar-refractivity contribution in [2.24, 2.45) is 0 Å². The van der Waals surface area contributed by atoms with Crippen LogP contribution in [0.5, 0.6) is 0 Å². The fraction of sp³-hybridized carbons (Fsp3) is 0.111. The lowest BCUT2D eigenvalue weighted by Crippen LogP contribution is -1.89. The molecule has 3 nitrogen and oxygen atoms in total. The Morgan fingerprint density at radius 1 is 1.50 bits per heavy atom. The average molecular weight is 321 g/mol. The molecule has 1 aromatic carbocycles. The number of rotatable bonds is 3. The Hall–Kier alpha value is -0.680. The highest BCUT2D eigenvalue weighted by molar-refractivity contribution is 9.10. The molecule has 0 saturated heterocycles. The molecule has 0 fully saturated rings. The van der Waals surface area contributed by atoms with E-state index in [2.05, 4.69) is 31.9 Å². The number of hydrogen-bond donors (Lipinski definition) is 0. The van der Waals surface area contributed by atoms with Crippen LogP contribution in [-0.4, -0.2) is 10.3 Å². The highest BCUT2D eigenvalue weighted by Gasteiger charge is 2.10. The summed E-state index contributed by atoms with van der Waals surface area (Å²) >= 11 is 6.36. The highest BCUT2D eigenvalue weighted by Crippen LogP contribution is 2.25. The molecule has 0 radical (unpaired) electrons. The van der Waals surface area contributed by atoms with Crippen LogP contribution in [0.1, 0.15) is 5.56 Å². The average Bonchev–Trinajstić information content (AvgIpc) is 2.16. The minimum atomic E-state index is -0.407. The molecule has 14 heavy (non-hydrogen) atoms. The van der Waals surface area contributed by atoms with Crippen LogP contribution in [0.25, 0.3) is 6.08 Å². The van der Waals surface area contributed by atoms with Gasteiger partial charge >= 0.3 is 0 Å². The van der Waals surface area contributed by atoms with Gasteiger partial charge in [0, 0.05) is 11.4 Å². The molecule has 1 aromatic rings. The number of nitrogens with zero attached hydrogens (tertiary/aromatic N) is 1. The van der Waals surface area contributed by atoms with Gasteiger partial charge in [0.05, 0.1) is 9.40 Å². The molecule has 0 atom stereocenters. The fourth-order valence-corrected chi connectivity index (χ4v) is 1.53. The molecule has 0 amide bonds. The molecule has 0 unspecified atom stereocenters. The number of allylic oxidation sites excluding steroid dienone is 1. The first-order valence-electron chi connectivity index (χ1n) is 3.81. The third-order valence-electron chi connectivity index (χ3n) is 1.57. The summed E-state index contributed by atoms with van der Waals surface area (Å²) in [6.07, 6.45) is 3.71. The molecule has 0 bridgehead atoms. The van der Waals surface area contributed by atoms with Gasteiger partial charge in [-0.25, -0.2) is 0 Å². The van der Waals surface area contributed by atoms with Gasteiger partial charge in [0.15, 0.2) is 0 Å². The summed E-state index contributed by atoms with van der Waals surface area (Å²) in [5, 5.41) is 11.3. The second-order valence-corrected chi connectivity index (χ2v) is 4.03. The third-order valence-corrected chi connectivity index (χ3v) is 2.61. The molecule has 0 heterocycles. The Labute approximate surface area is 98.2 Å². The van der Waals surface area contributed by atoms with Crippen LogP contribution in [0.3, 0.4) is 0 Å². The van der Waals surface area contributed by atoms with E-state index in [1.54, 1.807) is 6.07 Å². The van der Waals surface area contributed by atoms with E-state index in [0.29, 0.717) is 4.47 Å². The van der Waals surface area contributed by atoms with Gasteiger partial charge in [-0.1, -0.05) is 34.1 Å². The van der Waals surface area contributed by atoms with Crippen LogP contribution in [0, 0.1) is 10.1 Å². The van der Waals surface area contributed by atoms with E-state index in [9.17, 15) is 10.1 Å². The van der Waals surface area contributed by atoms with Crippen LogP contribution in [0.15, 0.2) is 28.7 Å². The molecular weight excluding hydrogens is 314 g/mol. The molecule has 0 aliphatic heterocycles. The van der Waals surface area contributed by atoms with Gasteiger partial charge in [-0.2, -0.15) is 0 Å². The number of alkyl halides is 1. The Bertz CT molecular complexity index is 377. The fourth-order valence-electron chi connectivity index (χ4n) is 0.954. The molecule has 0 N–H and O–H groups in total. The second-order valence-electron chi connectivity index (χ2n) is 2.52. The van der Waals surface area contributed by atoms with Crippen molar-refractivity contribution < 1.29 is 4.92 Å². The van der Waals surface area contributed by atoms with Gasteiger partial charge in [-0.15, -0.1) is 0 Å². The lowest BCUT2D eigenvalue weighted by Gasteiger charge is -1.96. The van der Waals surface area contributed by atoms with Gasteiger partial charge in [0.2, 0.25) is 0 Å². The van der Waals surface area contributed by atoms with Crippen LogP contribution < -0.4 is 0 Å². The zero-order chi connectivity index (χ0) is 10.6. The molecular formula is C9H7Br2NO2. The van der Waals surface area contributed by atoms with Crippen molar-refractivity contribution in [2.45, 2.75) is 0 Å². The van der Waals surface area contributed by atoms with Crippen molar-refractivity contribution in [1.82, 2.24) is 0 Å². The van der Waals surface area contributed by atoms with Gasteiger partial charge < -0.3 is 0 Å². The number of halogens is 2. The monoisotopic (exact) mass is 319 g/mol. The maximum Gasteiger partial charge on any atom is 0.284 e. The second kappa shape index (κ2) is 5.26. The van der Waals surface area contributed by atoms with Crippen molar-refractivity contribution in [2.75, 3.05) is 5.33 Å². The summed E-state index contributed by atoms with van der Waals surface area (Å²) < 4.78 is 0.499. The Balaban J connectivity index is 3.06. The molecule has 0 aromatic heterocycles. The number of nitro groups is 1. The van der Waals surface area contributed by atoms with Gasteiger partial charge in [0.25, 0.3) is 5.69 Å². The standard InChI is InChI=1S/C9H7Br2NO2/c10-5-1-2-7-3-4-8(11)9(6-7)12(13)14/h1-4,6H,5H2. The van der Waals surface area contributed by atoms with Crippen LogP contribution in [0.2, 0.25) is 0 Å². The summed E-state index contributed by atoms with van der Waals surface area (Å²) in [4.78, 5) is 10.2. The van der Waals surface area contributed by atoms with Crippen molar-refractivity contribution in [1.29, 1.82) is 0 Å². The quantitative estimate of drug-likeness (QED) is 0.483. The molecule has 5 heteroatoms. The van der Waals surface area contributed by atoms with E-state index in [-0.39, 0.29) is 5.69 Å². The van der Waals surface area contributed by atoms with E-state index in [0.717, 1.165) is 10.9 Å². The molecule has 0 spiro atoms. The van der Waals surface area contributed by atoms with Crippen molar-refractivity contribution in [3.63, 3.8) is 0 Å².